The van der Waals surface area contributed by atoms with Gasteiger partial charge < -0.3 is 0 Å². The molecule has 0 atom stereocenters. The van der Waals surface area contributed by atoms with Crippen molar-refractivity contribution < 1.29 is 4.79 Å². The molecule has 0 spiro atoms. The molecule has 1 aromatic heterocycles. The third-order valence-electron chi connectivity index (χ3n) is 2.32. The highest BCUT2D eigenvalue weighted by atomic mass is 32.1. The molecule has 2 rings (SSSR count). The smallest absolute Gasteiger partial charge is 0.150 e. The van der Waals surface area contributed by atoms with Crippen LogP contribution in [0.15, 0.2) is 36.4 Å². The van der Waals surface area contributed by atoms with E-state index in [1.54, 1.807) is 11.3 Å². The van der Waals surface area contributed by atoms with Crippen LogP contribution in [-0.2, 0) is 6.42 Å². The quantitative estimate of drug-likeness (QED) is 0.713. The van der Waals surface area contributed by atoms with E-state index in [1.807, 2.05) is 24.3 Å². The van der Waals surface area contributed by atoms with Gasteiger partial charge >= 0.3 is 0 Å². The number of rotatable bonds is 3. The number of carbonyl (C=O) groups excluding carboxylic acids is 1. The molecule has 0 aliphatic carbocycles. The van der Waals surface area contributed by atoms with Crippen molar-refractivity contribution in [2.24, 2.45) is 0 Å². The van der Waals surface area contributed by atoms with E-state index in [-0.39, 0.29) is 0 Å². The minimum atomic E-state index is 0.735. The second kappa shape index (κ2) is 4.41. The van der Waals surface area contributed by atoms with Crippen LogP contribution in [0.3, 0.4) is 0 Å². The minimum absolute atomic E-state index is 0.735. The molecule has 0 radical (unpaired) electrons. The van der Waals surface area contributed by atoms with Crippen molar-refractivity contribution in [3.63, 3.8) is 0 Å². The van der Waals surface area contributed by atoms with E-state index in [0.717, 1.165) is 23.8 Å². The summed E-state index contributed by atoms with van der Waals surface area (Å²) in [6.45, 7) is 2.15. The Morgan fingerprint density at radius 3 is 2.80 bits per heavy atom. The van der Waals surface area contributed by atoms with Crippen LogP contribution in [0.2, 0.25) is 0 Å². The van der Waals surface area contributed by atoms with Crippen LogP contribution in [0, 0.1) is 0 Å². The van der Waals surface area contributed by atoms with Crippen molar-refractivity contribution in [1.82, 2.24) is 0 Å². The number of hydrogen-bond donors (Lipinski definition) is 0. The van der Waals surface area contributed by atoms with E-state index >= 15 is 0 Å². The van der Waals surface area contributed by atoms with Crippen LogP contribution in [0.5, 0.6) is 0 Å². The van der Waals surface area contributed by atoms with E-state index < -0.39 is 0 Å². The van der Waals surface area contributed by atoms with Gasteiger partial charge in [-0.25, -0.2) is 0 Å². The molecule has 0 unspecified atom stereocenters. The van der Waals surface area contributed by atoms with Crippen molar-refractivity contribution in [3.8, 4) is 10.4 Å². The first-order chi connectivity index (χ1) is 7.33. The summed E-state index contributed by atoms with van der Waals surface area (Å²) in [5, 5.41) is 0. The molecule has 0 fully saturated rings. The first kappa shape index (κ1) is 10.1. The van der Waals surface area contributed by atoms with Gasteiger partial charge in [0.15, 0.2) is 0 Å². The lowest BCUT2D eigenvalue weighted by molar-refractivity contribution is 0.112. The number of carbonyl (C=O) groups is 1. The molecule has 2 aromatic rings. The van der Waals surface area contributed by atoms with E-state index in [1.165, 1.54) is 9.75 Å². The molecule has 0 amide bonds. The summed E-state index contributed by atoms with van der Waals surface area (Å²) < 4.78 is 0. The fraction of sp³-hybridized carbons (Fsp3) is 0.154. The van der Waals surface area contributed by atoms with Gasteiger partial charge in [-0.05, 0) is 30.2 Å². The maximum Gasteiger partial charge on any atom is 0.150 e. The van der Waals surface area contributed by atoms with Crippen LogP contribution in [0.1, 0.15) is 22.2 Å². The largest absolute Gasteiger partial charge is 0.298 e. The molecule has 0 N–H and O–H groups in total. The van der Waals surface area contributed by atoms with E-state index in [4.69, 9.17) is 0 Å². The molecule has 1 aromatic carbocycles. The first-order valence-electron chi connectivity index (χ1n) is 4.98. The van der Waals surface area contributed by atoms with Crippen LogP contribution in [-0.4, -0.2) is 6.29 Å². The third-order valence-corrected chi connectivity index (χ3v) is 3.60. The predicted molar refractivity (Wildman–Crippen MR) is 64.5 cm³/mol. The maximum absolute atomic E-state index is 10.7. The second-order valence-electron chi connectivity index (χ2n) is 3.36. The van der Waals surface area contributed by atoms with Crippen molar-refractivity contribution >= 4 is 17.6 Å². The Morgan fingerprint density at radius 2 is 2.13 bits per heavy atom. The molecule has 0 saturated heterocycles. The fourth-order valence-electron chi connectivity index (χ4n) is 1.49. The Bertz CT molecular complexity index is 471. The first-order valence-corrected chi connectivity index (χ1v) is 5.79. The Morgan fingerprint density at radius 1 is 1.27 bits per heavy atom. The summed E-state index contributed by atoms with van der Waals surface area (Å²) in [6.07, 6.45) is 1.95. The van der Waals surface area contributed by atoms with Crippen molar-refractivity contribution in [1.29, 1.82) is 0 Å². The van der Waals surface area contributed by atoms with Crippen LogP contribution in [0.4, 0.5) is 0 Å². The Labute approximate surface area is 93.4 Å². The highest BCUT2D eigenvalue weighted by Gasteiger charge is 2.02. The summed E-state index contributed by atoms with van der Waals surface area (Å²) in [6, 6.07) is 12.0. The van der Waals surface area contributed by atoms with Gasteiger partial charge in [0.25, 0.3) is 0 Å². The molecular weight excluding hydrogens is 204 g/mol. The van der Waals surface area contributed by atoms with Gasteiger partial charge in [-0.3, -0.25) is 4.79 Å². The summed E-state index contributed by atoms with van der Waals surface area (Å²) in [5.41, 5.74) is 1.86. The topological polar surface area (TPSA) is 17.1 Å². The lowest BCUT2D eigenvalue weighted by Crippen LogP contribution is -1.79. The average Bonchev–Trinajstić information content (AvgIpc) is 2.78. The van der Waals surface area contributed by atoms with Gasteiger partial charge in [0.2, 0.25) is 0 Å². The zero-order valence-corrected chi connectivity index (χ0v) is 9.38. The van der Waals surface area contributed by atoms with Crippen LogP contribution >= 0.6 is 11.3 Å². The molecule has 1 nitrogen and oxygen atoms in total. The molecule has 1 heterocycles. The number of hydrogen-bond acceptors (Lipinski definition) is 2. The molecule has 15 heavy (non-hydrogen) atoms. The molecule has 0 aliphatic heterocycles. The molecule has 0 aliphatic rings. The molecule has 2 heteroatoms. The van der Waals surface area contributed by atoms with Gasteiger partial charge in [0, 0.05) is 15.3 Å². The third kappa shape index (κ3) is 2.16. The number of aryl methyl sites for hydroxylation is 1. The van der Waals surface area contributed by atoms with Gasteiger partial charge in [0.05, 0.1) is 0 Å². The number of aldehydes is 1. The van der Waals surface area contributed by atoms with E-state index in [2.05, 4.69) is 19.1 Å². The lowest BCUT2D eigenvalue weighted by Gasteiger charge is -1.97. The fourth-order valence-corrected chi connectivity index (χ4v) is 2.43. The molecular formula is C13H12OS. The highest BCUT2D eigenvalue weighted by molar-refractivity contribution is 7.15. The molecule has 0 saturated carbocycles. The predicted octanol–water partition coefficient (Wildman–Crippen LogP) is 3.79. The van der Waals surface area contributed by atoms with Crippen molar-refractivity contribution in [2.75, 3.05) is 0 Å². The zero-order chi connectivity index (χ0) is 10.7. The van der Waals surface area contributed by atoms with Crippen molar-refractivity contribution in [3.05, 3.63) is 46.8 Å². The highest BCUT2D eigenvalue weighted by Crippen LogP contribution is 2.28. The Hall–Kier alpha value is -1.41. The normalized spacial score (nSPS) is 10.2. The number of benzene rings is 1. The summed E-state index contributed by atoms with van der Waals surface area (Å²) in [4.78, 5) is 13.3. The van der Waals surface area contributed by atoms with Gasteiger partial charge in [-0.1, -0.05) is 25.1 Å². The number of thiophene rings is 1. The maximum atomic E-state index is 10.7. The Balaban J connectivity index is 2.39. The standard InChI is InChI=1S/C13H12OS/c1-2-12-6-7-13(15-12)11-5-3-4-10(8-11)9-14/h3-9H,2H2,1H3. The Kier molecular flexibility index (Phi) is 2.97. The summed E-state index contributed by atoms with van der Waals surface area (Å²) in [5.74, 6) is 0. The van der Waals surface area contributed by atoms with Crippen LogP contribution in [0.25, 0.3) is 10.4 Å². The van der Waals surface area contributed by atoms with Gasteiger partial charge in [-0.15, -0.1) is 11.3 Å². The summed E-state index contributed by atoms with van der Waals surface area (Å²) in [7, 11) is 0. The summed E-state index contributed by atoms with van der Waals surface area (Å²) >= 11 is 1.79. The van der Waals surface area contributed by atoms with Gasteiger partial charge in [0.1, 0.15) is 6.29 Å². The van der Waals surface area contributed by atoms with Gasteiger partial charge in [-0.2, -0.15) is 0 Å². The second-order valence-corrected chi connectivity index (χ2v) is 4.53. The minimum Gasteiger partial charge on any atom is -0.298 e. The van der Waals surface area contributed by atoms with Crippen molar-refractivity contribution in [2.45, 2.75) is 13.3 Å². The van der Waals surface area contributed by atoms with E-state index in [9.17, 15) is 4.79 Å². The van der Waals surface area contributed by atoms with E-state index in [0.29, 0.717) is 0 Å². The monoisotopic (exact) mass is 216 g/mol. The lowest BCUT2D eigenvalue weighted by atomic mass is 10.1. The SMILES string of the molecule is CCc1ccc(-c2cccc(C=O)c2)s1. The molecule has 0 bridgehead atoms. The average molecular weight is 216 g/mol. The molecule has 76 valence electrons. The zero-order valence-electron chi connectivity index (χ0n) is 8.57. The van der Waals surface area contributed by atoms with Crippen LogP contribution < -0.4 is 0 Å².